The van der Waals surface area contributed by atoms with Crippen LogP contribution in [0.4, 0.5) is 5.82 Å². The van der Waals surface area contributed by atoms with E-state index >= 15 is 0 Å². The van der Waals surface area contributed by atoms with Gasteiger partial charge in [0.05, 0.1) is 19.5 Å². The molecule has 2 aromatic heterocycles. The van der Waals surface area contributed by atoms with E-state index in [2.05, 4.69) is 50.4 Å². The number of nitrogen functional groups attached to an aromatic ring is 1. The summed E-state index contributed by atoms with van der Waals surface area (Å²) in [6.45, 7) is 2.51. The number of carbonyl (C=O) groups excluding carboxylic acids is 3. The number of aliphatic hydroxyl groups excluding tert-OH is 2. The third kappa shape index (κ3) is 30.2. The highest BCUT2D eigenvalue weighted by Gasteiger charge is 2.48. The van der Waals surface area contributed by atoms with Gasteiger partial charge in [0.25, 0.3) is 23.5 Å². The van der Waals surface area contributed by atoms with Crippen molar-refractivity contribution in [1.82, 2.24) is 48.6 Å². The number of aromatic nitrogens is 4. The molecule has 2 amide bonds. The van der Waals surface area contributed by atoms with Crippen molar-refractivity contribution in [2.75, 3.05) is 37.8 Å². The number of carbonyl (C=O) groups is 3. The standard InChI is InChI=1S/C46H84N7O17P3S.3H3N/c1-4-5-6-7-8-9-10-11-12-13-14-15-16-17-18-19-20-21-22-23-24-25-26-37(55)74-30-29-48-36(54)27-28-49-44(58)41(57)46(2,3)32-67-73(64,65)70-72(62,63)66-31-35-40(69-71(59,60)61)39(56)45(68-35)53-34-52-38-42(47)50-33-51-43(38)53;;;/h33-35,39-41,45,56-57H,4-32H2,1-3H3,(H,48,54)(H,49,58)(H,62,63)(H,64,65)(H2,47,50,51)(H2,59,60,61);3*1H3/t35-,39-,40-,41+,45-;;;/m1.../s1. The average Bonchev–Trinajstić information content (AvgIpc) is 3.90. The van der Waals surface area contributed by atoms with Crippen molar-refractivity contribution >= 4 is 69.1 Å². The van der Waals surface area contributed by atoms with E-state index in [0.717, 1.165) is 48.2 Å². The quantitative estimate of drug-likeness (QED) is 0.0241. The molecule has 3 heterocycles. The number of ether oxygens (including phenoxy) is 1. The molecule has 1 aliphatic rings. The van der Waals surface area contributed by atoms with Gasteiger partial charge in [-0.3, -0.25) is 32.6 Å². The van der Waals surface area contributed by atoms with Gasteiger partial charge in [-0.2, -0.15) is 0 Å². The van der Waals surface area contributed by atoms with Gasteiger partial charge < -0.3 is 82.9 Å². The fourth-order valence-corrected chi connectivity index (χ4v) is 11.7. The van der Waals surface area contributed by atoms with Gasteiger partial charge in [-0.1, -0.05) is 167 Å². The number of rotatable bonds is 42. The van der Waals surface area contributed by atoms with E-state index in [9.17, 15) is 57.9 Å². The van der Waals surface area contributed by atoms with E-state index in [-0.39, 0.29) is 60.1 Å². The highest BCUT2D eigenvalue weighted by molar-refractivity contribution is 8.13. The first-order chi connectivity index (χ1) is 35.1. The van der Waals surface area contributed by atoms with E-state index < -0.39 is 84.6 Å². The normalized spacial score (nSPS) is 19.2. The Morgan fingerprint density at radius 3 is 1.81 bits per heavy atom. The summed E-state index contributed by atoms with van der Waals surface area (Å²) in [4.78, 5) is 95.1. The second kappa shape index (κ2) is 39.0. The molecule has 3 unspecified atom stereocenters. The molecule has 31 heteroatoms. The lowest BCUT2D eigenvalue weighted by molar-refractivity contribution is -0.247. The van der Waals surface area contributed by atoms with Crippen LogP contribution in [0, 0.1) is 5.41 Å². The Kier molecular flexibility index (Phi) is 37.7. The summed E-state index contributed by atoms with van der Waals surface area (Å²) in [5.41, 5.74) is 4.15. The van der Waals surface area contributed by atoms with Gasteiger partial charge in [0, 0.05) is 37.1 Å². The monoisotopic (exact) mass is 1180 g/mol. The van der Waals surface area contributed by atoms with Crippen LogP contribution >= 0.6 is 35.2 Å². The summed E-state index contributed by atoms with van der Waals surface area (Å²) in [7, 11) is -17.3. The van der Waals surface area contributed by atoms with Gasteiger partial charge in [-0.05, 0) is 6.42 Å². The highest BCUT2D eigenvalue weighted by atomic mass is 32.2. The summed E-state index contributed by atoms with van der Waals surface area (Å²) in [6.07, 6.45) is 21.8. The zero-order valence-electron chi connectivity index (χ0n) is 46.2. The van der Waals surface area contributed by atoms with Crippen molar-refractivity contribution in [3.8, 4) is 0 Å². The van der Waals surface area contributed by atoms with Crippen molar-refractivity contribution in [3.63, 3.8) is 0 Å². The Hall–Kier alpha value is -2.56. The number of aliphatic hydroxyl groups is 2. The minimum atomic E-state index is -5.90. The first-order valence-electron chi connectivity index (χ1n) is 26.0. The van der Waals surface area contributed by atoms with Crippen LogP contribution in [0.1, 0.15) is 181 Å². The molecule has 0 aliphatic carbocycles. The van der Waals surface area contributed by atoms with Crippen molar-refractivity contribution in [3.05, 3.63) is 12.7 Å². The molecule has 0 saturated carbocycles. The lowest BCUT2D eigenvalue weighted by Gasteiger charge is -2.35. The van der Waals surface area contributed by atoms with Crippen LogP contribution in [0.15, 0.2) is 12.7 Å². The fourth-order valence-electron chi connectivity index (χ4n) is 8.23. The van der Waals surface area contributed by atoms with E-state index in [1.165, 1.54) is 136 Å². The molecular weight excluding hydrogens is 1090 g/mol. The molecule has 1 aliphatic heterocycles. The number of thioether (sulfide) groups is 1. The van der Waals surface area contributed by atoms with Crippen molar-refractivity contribution < 1.29 is 80.5 Å². The zero-order valence-corrected chi connectivity index (χ0v) is 49.7. The number of hydrogen-bond acceptors (Lipinski definition) is 21. The van der Waals surface area contributed by atoms with Crippen LogP contribution in [0.5, 0.6) is 0 Å². The van der Waals surface area contributed by atoms with Gasteiger partial charge in [0.2, 0.25) is 11.8 Å². The third-order valence-corrected chi connectivity index (χ3v) is 16.4. The van der Waals surface area contributed by atoms with Gasteiger partial charge in [0.1, 0.15) is 36.3 Å². The number of quaternary nitrogens is 3. The van der Waals surface area contributed by atoms with Crippen LogP contribution in [0.2, 0.25) is 0 Å². The number of anilines is 1. The first kappa shape index (κ1) is 74.4. The summed E-state index contributed by atoms with van der Waals surface area (Å²) < 4.78 is 61.3. The van der Waals surface area contributed by atoms with Crippen LogP contribution in [-0.4, -0.2) is 108 Å². The third-order valence-electron chi connectivity index (χ3n) is 12.5. The Balaban J connectivity index is 0.0000193. The van der Waals surface area contributed by atoms with Gasteiger partial charge in [-0.25, -0.2) is 19.3 Å². The number of hydrogen-bond donors (Lipinski definition) is 9. The van der Waals surface area contributed by atoms with E-state index in [0.29, 0.717) is 12.2 Å². The molecule has 1 saturated heterocycles. The molecule has 0 spiro atoms. The van der Waals surface area contributed by atoms with Gasteiger partial charge in [-0.15, -0.1) is 0 Å². The zero-order chi connectivity index (χ0) is 54.6. The number of imidazole rings is 1. The topological polar surface area (TPSA) is 482 Å². The molecule has 450 valence electrons. The molecule has 8 atom stereocenters. The fraction of sp³-hybridized carbons (Fsp3) is 0.826. The largest absolute Gasteiger partial charge is 0.756 e. The Morgan fingerprint density at radius 1 is 0.779 bits per heavy atom. The number of unbranched alkanes of at least 4 members (excludes halogenated alkanes) is 21. The van der Waals surface area contributed by atoms with Crippen LogP contribution in [-0.2, 0) is 50.7 Å². The summed E-state index contributed by atoms with van der Waals surface area (Å²) >= 11 is 1.15. The average molecular weight is 1180 g/mol. The minimum Gasteiger partial charge on any atom is -0.756 e. The van der Waals surface area contributed by atoms with Crippen LogP contribution < -0.4 is 49.5 Å². The predicted molar refractivity (Wildman–Crippen MR) is 290 cm³/mol. The smallest absolute Gasteiger partial charge is 0.274 e. The molecule has 1 fully saturated rings. The molecule has 0 radical (unpaired) electrons. The molecule has 0 aromatic carbocycles. The van der Waals surface area contributed by atoms with E-state index in [4.69, 9.17) is 10.5 Å². The van der Waals surface area contributed by atoms with Crippen molar-refractivity contribution in [1.29, 1.82) is 0 Å². The SMILES string of the molecule is CCCCCCCCCCCCCCCCCCCCCCCCC(=O)SCCNC(=O)CCNC(=O)[C@H](O)C(C)(C)COP(=O)([O-])OP(=O)([O-])OC[C@H]1O[C@@H](n2cnc3c(N)ncnc32)[C@H](O)[C@@H]1OP(=O)([O-])O.[NH4+].[NH4+].[NH4+]. The molecule has 19 N–H and O–H groups in total. The number of nitrogens with zero attached hydrogens (tertiary/aromatic N) is 4. The summed E-state index contributed by atoms with van der Waals surface area (Å²) in [5, 5.41) is 26.6. The molecule has 27 nitrogen and oxygen atoms in total. The number of nitrogens with one attached hydrogen (secondary N) is 2. The second-order valence-electron chi connectivity index (χ2n) is 19.4. The Morgan fingerprint density at radius 2 is 1.29 bits per heavy atom. The lowest BCUT2D eigenvalue weighted by Crippen LogP contribution is -2.46. The van der Waals surface area contributed by atoms with Gasteiger partial charge in [0.15, 0.2) is 22.8 Å². The highest BCUT2D eigenvalue weighted by Crippen LogP contribution is 2.56. The Bertz CT molecular complexity index is 2130. The van der Waals surface area contributed by atoms with Crippen molar-refractivity contribution in [2.45, 2.75) is 206 Å². The number of amides is 2. The van der Waals surface area contributed by atoms with E-state index in [1.54, 1.807) is 0 Å². The number of fused-ring (bicyclic) bond motifs is 1. The Labute approximate surface area is 458 Å². The minimum absolute atomic E-state index is 0. The molecule has 3 rings (SSSR count). The molecule has 2 aromatic rings. The van der Waals surface area contributed by atoms with Crippen LogP contribution in [0.3, 0.4) is 0 Å². The maximum Gasteiger partial charge on any atom is 0.274 e. The number of phosphoric ester groups is 3. The molecular formula is C46H93N10O17P3S. The predicted octanol–water partition coefficient (Wildman–Crippen LogP) is 6.89. The first-order valence-corrected chi connectivity index (χ1v) is 31.5. The molecule has 77 heavy (non-hydrogen) atoms. The number of nitrogens with two attached hydrogens (primary N) is 1. The van der Waals surface area contributed by atoms with Crippen molar-refractivity contribution in [2.24, 2.45) is 5.41 Å². The number of phosphoric acid groups is 3. The molecule has 0 bridgehead atoms. The lowest BCUT2D eigenvalue weighted by atomic mass is 9.87. The maximum absolute atomic E-state index is 12.7. The summed E-state index contributed by atoms with van der Waals surface area (Å²) in [6, 6.07) is 0. The second-order valence-corrected chi connectivity index (χ2v) is 24.7. The van der Waals surface area contributed by atoms with E-state index in [1.807, 2.05) is 0 Å². The maximum atomic E-state index is 12.7. The van der Waals surface area contributed by atoms with Crippen LogP contribution in [0.25, 0.3) is 11.2 Å². The van der Waals surface area contributed by atoms with Gasteiger partial charge >= 0.3 is 0 Å². The summed E-state index contributed by atoms with van der Waals surface area (Å²) in [5.74, 6) is -1.10.